The lowest BCUT2D eigenvalue weighted by atomic mass is 9.81. The van der Waals surface area contributed by atoms with Crippen molar-refractivity contribution in [3.8, 4) is 0 Å². The molecule has 6 heteroatoms. The van der Waals surface area contributed by atoms with Crippen molar-refractivity contribution < 1.29 is 4.79 Å². The molecule has 1 aliphatic rings. The van der Waals surface area contributed by atoms with Gasteiger partial charge in [-0.3, -0.25) is 9.48 Å². The minimum Gasteiger partial charge on any atom is -0.352 e. The van der Waals surface area contributed by atoms with E-state index in [0.717, 1.165) is 43.5 Å². The van der Waals surface area contributed by atoms with E-state index in [0.29, 0.717) is 0 Å². The van der Waals surface area contributed by atoms with Crippen molar-refractivity contribution in [1.29, 1.82) is 0 Å². The average Bonchev–Trinajstić information content (AvgIpc) is 2.66. The first-order chi connectivity index (χ1) is 9.83. The third kappa shape index (κ3) is 4.02. The van der Waals surface area contributed by atoms with E-state index in [9.17, 15) is 4.79 Å². The van der Waals surface area contributed by atoms with Crippen molar-refractivity contribution in [2.24, 2.45) is 12.8 Å². The van der Waals surface area contributed by atoms with E-state index in [1.807, 2.05) is 25.6 Å². The maximum Gasteiger partial charge on any atom is 0.240 e. The molecule has 0 bridgehead atoms. The van der Waals surface area contributed by atoms with Crippen LogP contribution < -0.4 is 11.1 Å². The molecule has 0 aliphatic heterocycles. The summed E-state index contributed by atoms with van der Waals surface area (Å²) in [6, 6.07) is 0.0708. The molecule has 1 fully saturated rings. The lowest BCUT2D eigenvalue weighted by molar-refractivity contribution is -0.128. The van der Waals surface area contributed by atoms with Crippen molar-refractivity contribution in [3.63, 3.8) is 0 Å². The van der Waals surface area contributed by atoms with E-state index in [1.165, 1.54) is 12.0 Å². The number of rotatable bonds is 4. The molecule has 22 heavy (non-hydrogen) atoms. The van der Waals surface area contributed by atoms with Gasteiger partial charge in [0, 0.05) is 18.8 Å². The van der Waals surface area contributed by atoms with Gasteiger partial charge in [-0.1, -0.05) is 19.3 Å². The van der Waals surface area contributed by atoms with Crippen molar-refractivity contribution in [2.75, 3.05) is 0 Å². The van der Waals surface area contributed by atoms with E-state index < -0.39 is 5.54 Å². The molecule has 1 heterocycles. The first-order valence-corrected chi connectivity index (χ1v) is 7.92. The normalized spacial score (nSPS) is 18.4. The number of carbonyl (C=O) groups excluding carboxylic acids is 1. The Bertz CT molecular complexity index is 520. The van der Waals surface area contributed by atoms with Crippen LogP contribution in [-0.2, 0) is 18.3 Å². The molecule has 5 nitrogen and oxygen atoms in total. The van der Waals surface area contributed by atoms with Crippen LogP contribution in [0.1, 0.15) is 56.0 Å². The number of hydrogen-bond acceptors (Lipinski definition) is 3. The quantitative estimate of drug-likeness (QED) is 0.889. The van der Waals surface area contributed by atoms with E-state index in [2.05, 4.69) is 17.3 Å². The molecule has 0 aromatic carbocycles. The lowest BCUT2D eigenvalue weighted by Gasteiger charge is -2.33. The summed E-state index contributed by atoms with van der Waals surface area (Å²) in [7, 11) is 1.95. The fourth-order valence-electron chi connectivity index (χ4n) is 3.25. The second-order valence-corrected chi connectivity index (χ2v) is 6.57. The van der Waals surface area contributed by atoms with Gasteiger partial charge in [-0.05, 0) is 45.6 Å². The first kappa shape index (κ1) is 19.0. The Morgan fingerprint density at radius 3 is 2.45 bits per heavy atom. The lowest BCUT2D eigenvalue weighted by Crippen LogP contribution is -2.56. The zero-order chi connectivity index (χ0) is 15.6. The highest BCUT2D eigenvalue weighted by atomic mass is 35.5. The van der Waals surface area contributed by atoms with E-state index in [4.69, 9.17) is 5.73 Å². The molecule has 2 rings (SSSR count). The third-order valence-corrected chi connectivity index (χ3v) is 4.74. The Morgan fingerprint density at radius 1 is 1.36 bits per heavy atom. The molecule has 0 spiro atoms. The summed E-state index contributed by atoms with van der Waals surface area (Å²) in [6.45, 7) is 6.12. The zero-order valence-corrected chi connectivity index (χ0v) is 14.9. The van der Waals surface area contributed by atoms with Crippen molar-refractivity contribution in [1.82, 2.24) is 15.1 Å². The number of hydrogen-bond donors (Lipinski definition) is 2. The Labute approximate surface area is 139 Å². The molecule has 1 aromatic heterocycles. The summed E-state index contributed by atoms with van der Waals surface area (Å²) < 4.78 is 1.89. The van der Waals surface area contributed by atoms with Gasteiger partial charge in [-0.2, -0.15) is 5.10 Å². The van der Waals surface area contributed by atoms with Crippen molar-refractivity contribution in [3.05, 3.63) is 17.0 Å². The maximum atomic E-state index is 12.4. The molecule has 1 aliphatic carbocycles. The number of nitrogens with one attached hydrogen (secondary N) is 1. The highest BCUT2D eigenvalue weighted by molar-refractivity contribution is 5.86. The van der Waals surface area contributed by atoms with Crippen molar-refractivity contribution >= 4 is 18.3 Å². The van der Waals surface area contributed by atoms with Crippen LogP contribution in [0, 0.1) is 13.8 Å². The minimum absolute atomic E-state index is 0. The summed E-state index contributed by atoms with van der Waals surface area (Å²) in [4.78, 5) is 12.4. The van der Waals surface area contributed by atoms with Gasteiger partial charge in [-0.25, -0.2) is 0 Å². The number of aryl methyl sites for hydroxylation is 2. The number of nitrogens with zero attached hydrogens (tertiary/aromatic N) is 2. The van der Waals surface area contributed by atoms with E-state index in [1.54, 1.807) is 0 Å². The summed E-state index contributed by atoms with van der Waals surface area (Å²) in [6.07, 6.45) is 5.70. The van der Waals surface area contributed by atoms with E-state index >= 15 is 0 Å². The van der Waals surface area contributed by atoms with Crippen LogP contribution in [0.25, 0.3) is 0 Å². The molecular formula is C16H29ClN4O. The summed E-state index contributed by atoms with van der Waals surface area (Å²) >= 11 is 0. The summed E-state index contributed by atoms with van der Waals surface area (Å²) in [5, 5.41) is 7.53. The molecule has 1 atom stereocenters. The second kappa shape index (κ2) is 7.47. The monoisotopic (exact) mass is 328 g/mol. The first-order valence-electron chi connectivity index (χ1n) is 7.92. The standard InChI is InChI=1S/C16H28N4O.ClH/c1-11(10-14-12(2)19-20(4)13(14)3)18-15(21)16(17)8-6-5-7-9-16;/h11H,5-10,17H2,1-4H3,(H,18,21);1H. The molecule has 0 saturated heterocycles. The predicted molar refractivity (Wildman–Crippen MR) is 91.2 cm³/mol. The Balaban J connectivity index is 0.00000242. The van der Waals surface area contributed by atoms with Crippen molar-refractivity contribution in [2.45, 2.75) is 70.9 Å². The van der Waals surface area contributed by atoms with Crippen LogP contribution in [0.4, 0.5) is 0 Å². The number of halogens is 1. The molecule has 1 unspecified atom stereocenters. The van der Waals surface area contributed by atoms with E-state index in [-0.39, 0.29) is 24.4 Å². The van der Waals surface area contributed by atoms with Gasteiger partial charge >= 0.3 is 0 Å². The minimum atomic E-state index is -0.661. The Morgan fingerprint density at radius 2 is 1.95 bits per heavy atom. The molecule has 0 radical (unpaired) electrons. The molecule has 126 valence electrons. The van der Waals surface area contributed by atoms with Gasteiger partial charge in [0.2, 0.25) is 5.91 Å². The number of nitrogens with two attached hydrogens (primary N) is 1. The van der Waals surface area contributed by atoms with Gasteiger partial charge in [0.05, 0.1) is 11.2 Å². The predicted octanol–water partition coefficient (Wildman–Crippen LogP) is 2.17. The Kier molecular flexibility index (Phi) is 6.44. The van der Waals surface area contributed by atoms with Gasteiger partial charge in [0.1, 0.15) is 0 Å². The molecule has 3 N–H and O–H groups in total. The third-order valence-electron chi connectivity index (χ3n) is 4.74. The van der Waals surface area contributed by atoms with Crippen LogP contribution in [0.5, 0.6) is 0 Å². The number of carbonyl (C=O) groups is 1. The van der Waals surface area contributed by atoms with Crippen LogP contribution in [0.15, 0.2) is 0 Å². The maximum absolute atomic E-state index is 12.4. The van der Waals surface area contributed by atoms with Crippen LogP contribution in [0.3, 0.4) is 0 Å². The second-order valence-electron chi connectivity index (χ2n) is 6.57. The topological polar surface area (TPSA) is 72.9 Å². The average molecular weight is 329 g/mol. The molecule has 1 amide bonds. The van der Waals surface area contributed by atoms with Gasteiger partial charge in [0.25, 0.3) is 0 Å². The highest BCUT2D eigenvalue weighted by Crippen LogP contribution is 2.26. The number of aromatic nitrogens is 2. The fourth-order valence-corrected chi connectivity index (χ4v) is 3.25. The van der Waals surface area contributed by atoms with Crippen LogP contribution in [0.2, 0.25) is 0 Å². The zero-order valence-electron chi connectivity index (χ0n) is 14.1. The smallest absolute Gasteiger partial charge is 0.240 e. The number of amides is 1. The van der Waals surface area contributed by atoms with Crippen LogP contribution in [-0.4, -0.2) is 27.3 Å². The molecular weight excluding hydrogens is 300 g/mol. The SMILES string of the molecule is Cc1nn(C)c(C)c1CC(C)NC(=O)C1(N)CCCCC1.Cl. The molecule has 1 aromatic rings. The summed E-state index contributed by atoms with van der Waals surface area (Å²) in [5.41, 5.74) is 9.04. The highest BCUT2D eigenvalue weighted by Gasteiger charge is 2.35. The molecule has 1 saturated carbocycles. The van der Waals surface area contributed by atoms with Gasteiger partial charge in [-0.15, -0.1) is 12.4 Å². The largest absolute Gasteiger partial charge is 0.352 e. The summed E-state index contributed by atoms with van der Waals surface area (Å²) in [5.74, 6) is 0.00824. The Hall–Kier alpha value is -1.07. The van der Waals surface area contributed by atoms with Gasteiger partial charge in [0.15, 0.2) is 0 Å². The van der Waals surface area contributed by atoms with Crippen LogP contribution >= 0.6 is 12.4 Å². The van der Waals surface area contributed by atoms with Gasteiger partial charge < -0.3 is 11.1 Å². The fraction of sp³-hybridized carbons (Fsp3) is 0.750.